The van der Waals surface area contributed by atoms with E-state index in [2.05, 4.69) is 31.8 Å². The third kappa shape index (κ3) is 6.14. The van der Waals surface area contributed by atoms with Gasteiger partial charge in [0.05, 0.1) is 37.2 Å². The highest BCUT2D eigenvalue weighted by atomic mass is 79.9. The minimum absolute atomic E-state index is 0.117. The average molecular weight is 438 g/mol. The minimum atomic E-state index is -0.883. The maximum absolute atomic E-state index is 11.7. The Labute approximate surface area is 165 Å². The van der Waals surface area contributed by atoms with Crippen LogP contribution in [0.3, 0.4) is 0 Å². The molecule has 2 aromatic rings. The van der Waals surface area contributed by atoms with Crippen molar-refractivity contribution in [1.29, 1.82) is 0 Å². The van der Waals surface area contributed by atoms with Crippen LogP contribution >= 0.6 is 15.9 Å². The highest BCUT2D eigenvalue weighted by Crippen LogP contribution is 2.36. The molecule has 0 radical (unpaired) electrons. The standard InChI is InChI=1S/C18H20BrN3O5/c1-3-6-27-16-14(19)8-12(9-15(16)25-2)10-21-22-18(24)17(23)20-11-13-5-4-7-26-13/h4-5,7-10H,3,6,11H2,1-2H3,(H,20,23)(H,22,24)/b21-10+. The van der Waals surface area contributed by atoms with E-state index < -0.39 is 11.8 Å². The van der Waals surface area contributed by atoms with Crippen LogP contribution in [0.15, 0.2) is 44.5 Å². The molecule has 2 N–H and O–H groups in total. The van der Waals surface area contributed by atoms with E-state index >= 15 is 0 Å². The van der Waals surface area contributed by atoms with Gasteiger partial charge in [-0.2, -0.15) is 5.10 Å². The van der Waals surface area contributed by atoms with Crippen LogP contribution in [0.1, 0.15) is 24.7 Å². The molecule has 1 aromatic heterocycles. The number of nitrogens with zero attached hydrogens (tertiary/aromatic N) is 1. The van der Waals surface area contributed by atoms with Crippen molar-refractivity contribution in [3.63, 3.8) is 0 Å². The Balaban J connectivity index is 1.93. The van der Waals surface area contributed by atoms with Crippen molar-refractivity contribution in [1.82, 2.24) is 10.7 Å². The van der Waals surface area contributed by atoms with E-state index in [1.807, 2.05) is 6.92 Å². The lowest BCUT2D eigenvalue weighted by atomic mass is 10.2. The van der Waals surface area contributed by atoms with E-state index in [1.165, 1.54) is 19.6 Å². The number of hydrogen-bond donors (Lipinski definition) is 2. The van der Waals surface area contributed by atoms with Crippen LogP contribution in [0, 0.1) is 0 Å². The third-order valence-corrected chi connectivity index (χ3v) is 3.88. The summed E-state index contributed by atoms with van der Waals surface area (Å²) >= 11 is 3.43. The first-order valence-electron chi connectivity index (χ1n) is 8.19. The Kier molecular flexibility index (Phi) is 7.87. The highest BCUT2D eigenvalue weighted by molar-refractivity contribution is 9.10. The molecule has 0 fully saturated rings. The summed E-state index contributed by atoms with van der Waals surface area (Å²) < 4.78 is 16.7. The summed E-state index contributed by atoms with van der Waals surface area (Å²) in [4.78, 5) is 23.4. The van der Waals surface area contributed by atoms with E-state index in [-0.39, 0.29) is 6.54 Å². The summed E-state index contributed by atoms with van der Waals surface area (Å²) in [6.45, 7) is 2.69. The van der Waals surface area contributed by atoms with Crippen LogP contribution in [0.25, 0.3) is 0 Å². The number of amides is 2. The quantitative estimate of drug-likeness (QED) is 0.375. The predicted molar refractivity (Wildman–Crippen MR) is 103 cm³/mol. The van der Waals surface area contributed by atoms with Gasteiger partial charge < -0.3 is 19.2 Å². The largest absolute Gasteiger partial charge is 0.493 e. The average Bonchev–Trinajstić information content (AvgIpc) is 3.18. The summed E-state index contributed by atoms with van der Waals surface area (Å²) in [5.41, 5.74) is 2.82. The van der Waals surface area contributed by atoms with E-state index in [0.717, 1.165) is 6.42 Å². The fourth-order valence-electron chi connectivity index (χ4n) is 2.04. The molecule has 2 rings (SSSR count). The van der Waals surface area contributed by atoms with Gasteiger partial charge in [-0.15, -0.1) is 0 Å². The fraction of sp³-hybridized carbons (Fsp3) is 0.278. The van der Waals surface area contributed by atoms with E-state index in [4.69, 9.17) is 13.9 Å². The van der Waals surface area contributed by atoms with Gasteiger partial charge in [0.15, 0.2) is 11.5 Å². The van der Waals surface area contributed by atoms with Gasteiger partial charge in [0.1, 0.15) is 5.76 Å². The van der Waals surface area contributed by atoms with Crippen molar-refractivity contribution in [2.45, 2.75) is 19.9 Å². The van der Waals surface area contributed by atoms with Crippen LogP contribution < -0.4 is 20.2 Å². The smallest absolute Gasteiger partial charge is 0.329 e. The number of methoxy groups -OCH3 is 1. The molecule has 0 unspecified atom stereocenters. The van der Waals surface area contributed by atoms with Crippen molar-refractivity contribution >= 4 is 34.0 Å². The molecule has 0 saturated heterocycles. The molecule has 2 amide bonds. The van der Waals surface area contributed by atoms with Crippen molar-refractivity contribution in [3.8, 4) is 11.5 Å². The van der Waals surface area contributed by atoms with Gasteiger partial charge >= 0.3 is 11.8 Å². The van der Waals surface area contributed by atoms with Crippen molar-refractivity contribution in [2.24, 2.45) is 5.10 Å². The first-order valence-corrected chi connectivity index (χ1v) is 8.98. The maximum atomic E-state index is 11.7. The Hall–Kier alpha value is -2.81. The summed E-state index contributed by atoms with van der Waals surface area (Å²) in [5.74, 6) is -0.0287. The first-order chi connectivity index (χ1) is 13.0. The number of nitrogens with one attached hydrogen (secondary N) is 2. The number of benzene rings is 1. The van der Waals surface area contributed by atoms with Gasteiger partial charge in [-0.1, -0.05) is 6.92 Å². The summed E-state index contributed by atoms with van der Waals surface area (Å²) in [6, 6.07) is 6.86. The van der Waals surface area contributed by atoms with E-state index in [0.29, 0.717) is 33.9 Å². The lowest BCUT2D eigenvalue weighted by Gasteiger charge is -2.12. The molecule has 0 aliphatic heterocycles. The lowest BCUT2D eigenvalue weighted by Crippen LogP contribution is -2.37. The number of rotatable bonds is 8. The Morgan fingerprint density at radius 2 is 2.15 bits per heavy atom. The molecule has 0 aliphatic carbocycles. The first kappa shape index (κ1) is 20.5. The van der Waals surface area contributed by atoms with Gasteiger partial charge in [-0.05, 0) is 52.2 Å². The van der Waals surface area contributed by atoms with Crippen LogP contribution in [-0.4, -0.2) is 31.7 Å². The zero-order chi connectivity index (χ0) is 19.6. The van der Waals surface area contributed by atoms with Crippen LogP contribution in [0.5, 0.6) is 11.5 Å². The van der Waals surface area contributed by atoms with Crippen LogP contribution in [-0.2, 0) is 16.1 Å². The number of carbonyl (C=O) groups excluding carboxylic acids is 2. The second kappa shape index (κ2) is 10.4. The maximum Gasteiger partial charge on any atom is 0.329 e. The molecular formula is C18H20BrN3O5. The molecule has 8 nitrogen and oxygen atoms in total. The zero-order valence-corrected chi connectivity index (χ0v) is 16.5. The number of hydrogen-bond acceptors (Lipinski definition) is 6. The molecular weight excluding hydrogens is 418 g/mol. The lowest BCUT2D eigenvalue weighted by molar-refractivity contribution is -0.139. The molecule has 9 heteroatoms. The number of furan rings is 1. The molecule has 0 atom stereocenters. The summed E-state index contributed by atoms with van der Waals surface area (Å²) in [6.07, 6.45) is 3.75. The van der Waals surface area contributed by atoms with Gasteiger partial charge in [-0.3, -0.25) is 9.59 Å². The normalized spacial score (nSPS) is 10.6. The number of halogens is 1. The van der Waals surface area contributed by atoms with Crippen molar-refractivity contribution in [2.75, 3.05) is 13.7 Å². The molecule has 0 saturated carbocycles. The highest BCUT2D eigenvalue weighted by Gasteiger charge is 2.13. The predicted octanol–water partition coefficient (Wildman–Crippen LogP) is 2.61. The topological polar surface area (TPSA) is 102 Å². The molecule has 1 aromatic carbocycles. The van der Waals surface area contributed by atoms with E-state index in [1.54, 1.807) is 24.3 Å². The third-order valence-electron chi connectivity index (χ3n) is 3.29. The minimum Gasteiger partial charge on any atom is -0.493 e. The van der Waals surface area contributed by atoms with Gasteiger partial charge in [-0.25, -0.2) is 5.43 Å². The van der Waals surface area contributed by atoms with Crippen molar-refractivity contribution < 1.29 is 23.5 Å². The van der Waals surface area contributed by atoms with Gasteiger partial charge in [0, 0.05) is 0 Å². The number of carbonyl (C=O) groups is 2. The monoisotopic (exact) mass is 437 g/mol. The second-order valence-corrected chi connectivity index (χ2v) is 6.20. The number of hydrazone groups is 1. The molecule has 144 valence electrons. The molecule has 0 bridgehead atoms. The second-order valence-electron chi connectivity index (χ2n) is 5.34. The molecule has 1 heterocycles. The molecule has 0 aliphatic rings. The van der Waals surface area contributed by atoms with Crippen molar-refractivity contribution in [3.05, 3.63) is 46.3 Å². The van der Waals surface area contributed by atoms with Gasteiger partial charge in [0.25, 0.3) is 0 Å². The van der Waals surface area contributed by atoms with Crippen LogP contribution in [0.4, 0.5) is 0 Å². The van der Waals surface area contributed by atoms with E-state index in [9.17, 15) is 9.59 Å². The Bertz CT molecular complexity index is 806. The number of ether oxygens (including phenoxy) is 2. The summed E-state index contributed by atoms with van der Waals surface area (Å²) in [7, 11) is 1.53. The SMILES string of the molecule is CCCOc1c(Br)cc(/C=N/NC(=O)C(=O)NCc2ccco2)cc1OC. The van der Waals surface area contributed by atoms with Crippen LogP contribution in [0.2, 0.25) is 0 Å². The Morgan fingerprint density at radius 1 is 1.33 bits per heavy atom. The van der Waals surface area contributed by atoms with Gasteiger partial charge in [0.2, 0.25) is 0 Å². The fourth-order valence-corrected chi connectivity index (χ4v) is 2.61. The Morgan fingerprint density at radius 3 is 2.81 bits per heavy atom. The molecule has 0 spiro atoms. The molecule has 27 heavy (non-hydrogen) atoms. The zero-order valence-electron chi connectivity index (χ0n) is 15.0. The summed E-state index contributed by atoms with van der Waals surface area (Å²) in [5, 5.41) is 6.22.